The fraction of sp³-hybridized carbons (Fsp3) is 0.364. The Bertz CT molecular complexity index is 2960. The maximum Gasteiger partial charge on any atom is 0.276 e. The van der Waals surface area contributed by atoms with Gasteiger partial charge in [0.1, 0.15) is 34.0 Å². The van der Waals surface area contributed by atoms with Crippen LogP contribution in [0.4, 0.5) is 11.9 Å². The molecule has 7 aromatic rings. The Morgan fingerprint density at radius 2 is 1.34 bits per heavy atom. The molecule has 2 aromatic carbocycles. The molecule has 0 bridgehead atoms. The van der Waals surface area contributed by atoms with E-state index in [2.05, 4.69) is 25.7 Å². The van der Waals surface area contributed by atoms with Gasteiger partial charge in [0.25, 0.3) is 17.7 Å². The number of aromatic nitrogens is 8. The number of anilines is 2. The van der Waals surface area contributed by atoms with Gasteiger partial charge in [0.05, 0.1) is 53.3 Å². The highest BCUT2D eigenvalue weighted by Gasteiger charge is 2.25. The number of morpholine rings is 1. The van der Waals surface area contributed by atoms with Crippen LogP contribution in [0.1, 0.15) is 79.1 Å². The van der Waals surface area contributed by atoms with Crippen molar-refractivity contribution in [1.82, 2.24) is 43.6 Å². The summed E-state index contributed by atoms with van der Waals surface area (Å²) in [5.41, 5.74) is 16.3. The number of nitrogens with zero attached hydrogens (tertiary/aromatic N) is 9. The van der Waals surface area contributed by atoms with Gasteiger partial charge in [-0.25, -0.2) is 9.97 Å². The van der Waals surface area contributed by atoms with Gasteiger partial charge in [-0.3, -0.25) is 44.1 Å². The first-order chi connectivity index (χ1) is 30.8. The van der Waals surface area contributed by atoms with E-state index in [1.807, 2.05) is 44.4 Å². The molecule has 1 aliphatic rings. The number of fused-ring (bicyclic) bond motifs is 4. The summed E-state index contributed by atoms with van der Waals surface area (Å²) in [6.45, 7) is 14.7. The molecular formula is C44H51N13O7. The molecule has 1 saturated heterocycles. The third-order valence-electron chi connectivity index (χ3n) is 11.0. The van der Waals surface area contributed by atoms with E-state index < -0.39 is 23.6 Å². The van der Waals surface area contributed by atoms with Crippen molar-refractivity contribution in [2.45, 2.75) is 67.2 Å². The van der Waals surface area contributed by atoms with E-state index in [1.54, 1.807) is 57.3 Å². The number of hydrogen-bond acceptors (Lipinski definition) is 12. The highest BCUT2D eigenvalue weighted by atomic mass is 16.5. The van der Waals surface area contributed by atoms with Crippen molar-refractivity contribution in [2.75, 3.05) is 50.1 Å². The molecule has 334 valence electrons. The van der Waals surface area contributed by atoms with E-state index in [1.165, 1.54) is 0 Å². The number of ether oxygens (including phenoxy) is 2. The number of furan rings is 1. The van der Waals surface area contributed by atoms with E-state index in [9.17, 15) is 19.2 Å². The normalized spacial score (nSPS) is 13.5. The standard InChI is InChI=1S/C44H51N13O7/c1-6-56-33(19-25(3)51-56)41(60)49-43-48-32-24-30(40(46)59)38-29(21-27(5)64-38)36(32)54(43)12-8-9-13-55-37-31(47-44(55)50-42(61)34-20-26(4)52-57(34)7-2)22-28(39(45)58)23-35(37)63-16-10-11-53-14-17-62-18-15-53/h8-9,19-24H,6-7,10-18H2,1-5H3,(H2,45,58)(H2,46,59)(H,47,50,61)(H,48,49,60)/b9-8+. The lowest BCUT2D eigenvalue weighted by molar-refractivity contribution is 0.0358. The predicted molar refractivity (Wildman–Crippen MR) is 239 cm³/mol. The van der Waals surface area contributed by atoms with Gasteiger partial charge in [0.2, 0.25) is 17.8 Å². The number of benzene rings is 2. The minimum Gasteiger partial charge on any atom is -0.491 e. The molecule has 0 radical (unpaired) electrons. The van der Waals surface area contributed by atoms with Gasteiger partial charge < -0.3 is 34.5 Å². The first kappa shape index (κ1) is 43.3. The predicted octanol–water partition coefficient (Wildman–Crippen LogP) is 4.55. The summed E-state index contributed by atoms with van der Waals surface area (Å²) in [5.74, 6) is -0.847. The van der Waals surface area contributed by atoms with Crippen molar-refractivity contribution in [1.29, 1.82) is 0 Å². The SMILES string of the molecule is CCn1nc(C)cc1C(=O)Nc1nc2cc(C(N)=O)cc(OCCCN3CCOCC3)c2n1C/C=C/Cn1c(NC(=O)c2cc(C)nn2CC)nc2cc(C(N)=O)c3oc(C)cc3c21. The van der Waals surface area contributed by atoms with Crippen LogP contribution in [-0.2, 0) is 30.9 Å². The number of amides is 4. The summed E-state index contributed by atoms with van der Waals surface area (Å²) < 4.78 is 24.7. The zero-order chi connectivity index (χ0) is 45.2. The maximum absolute atomic E-state index is 13.9. The third-order valence-corrected chi connectivity index (χ3v) is 11.0. The molecular weight excluding hydrogens is 823 g/mol. The van der Waals surface area contributed by atoms with Crippen LogP contribution in [0.5, 0.6) is 5.75 Å². The number of primary amides is 2. The van der Waals surface area contributed by atoms with E-state index in [0.717, 1.165) is 19.6 Å². The van der Waals surface area contributed by atoms with Gasteiger partial charge in [-0.2, -0.15) is 10.2 Å². The summed E-state index contributed by atoms with van der Waals surface area (Å²) in [6.07, 6.45) is 4.47. The van der Waals surface area contributed by atoms with E-state index in [4.69, 9.17) is 35.3 Å². The molecule has 1 aliphatic heterocycles. The Labute approximate surface area is 367 Å². The lowest BCUT2D eigenvalue weighted by Gasteiger charge is -2.26. The average Bonchev–Trinajstić information content (AvgIpc) is 4.09. The minimum atomic E-state index is -0.684. The second-order valence-corrected chi connectivity index (χ2v) is 15.6. The Morgan fingerprint density at radius 1 is 0.766 bits per heavy atom. The topological polar surface area (TPSA) is 250 Å². The van der Waals surface area contributed by atoms with E-state index in [-0.39, 0.29) is 36.1 Å². The smallest absolute Gasteiger partial charge is 0.276 e. The lowest BCUT2D eigenvalue weighted by atomic mass is 10.1. The molecule has 0 aliphatic carbocycles. The summed E-state index contributed by atoms with van der Waals surface area (Å²) in [5, 5.41) is 15.4. The van der Waals surface area contributed by atoms with E-state index in [0.29, 0.717) is 107 Å². The largest absolute Gasteiger partial charge is 0.491 e. The maximum atomic E-state index is 13.9. The molecule has 6 N–H and O–H groups in total. The van der Waals surface area contributed by atoms with Crippen molar-refractivity contribution in [2.24, 2.45) is 11.5 Å². The number of aryl methyl sites for hydroxylation is 5. The summed E-state index contributed by atoms with van der Waals surface area (Å²) >= 11 is 0. The molecule has 8 rings (SSSR count). The van der Waals surface area contributed by atoms with Crippen molar-refractivity contribution in [3.8, 4) is 5.75 Å². The van der Waals surface area contributed by atoms with Crippen LogP contribution in [0.3, 0.4) is 0 Å². The monoisotopic (exact) mass is 873 g/mol. The zero-order valence-electron chi connectivity index (χ0n) is 36.4. The Balaban J connectivity index is 1.17. The van der Waals surface area contributed by atoms with Crippen molar-refractivity contribution >= 4 is 68.6 Å². The number of carbonyl (C=O) groups excluding carboxylic acids is 4. The number of imidazole rings is 2. The van der Waals surface area contributed by atoms with Crippen molar-refractivity contribution < 1.29 is 33.1 Å². The van der Waals surface area contributed by atoms with Crippen LogP contribution in [0.25, 0.3) is 33.0 Å². The van der Waals surface area contributed by atoms with Gasteiger partial charge >= 0.3 is 0 Å². The fourth-order valence-electron chi connectivity index (χ4n) is 8.08. The minimum absolute atomic E-state index is 0.158. The molecule has 1 fully saturated rings. The quantitative estimate of drug-likeness (QED) is 0.0727. The number of carbonyl (C=O) groups is 4. The lowest BCUT2D eigenvalue weighted by Crippen LogP contribution is -2.37. The molecule has 20 heteroatoms. The zero-order valence-corrected chi connectivity index (χ0v) is 36.4. The molecule has 4 amide bonds. The second kappa shape index (κ2) is 18.2. The van der Waals surface area contributed by atoms with Crippen molar-refractivity contribution in [3.63, 3.8) is 0 Å². The summed E-state index contributed by atoms with van der Waals surface area (Å²) in [4.78, 5) is 64.7. The average molecular weight is 874 g/mol. The first-order valence-electron chi connectivity index (χ1n) is 21.2. The molecule has 64 heavy (non-hydrogen) atoms. The fourth-order valence-corrected chi connectivity index (χ4v) is 8.08. The number of nitrogens with two attached hydrogens (primary N) is 2. The molecule has 0 atom stereocenters. The second-order valence-electron chi connectivity index (χ2n) is 15.6. The molecule has 20 nitrogen and oxygen atoms in total. The van der Waals surface area contributed by atoms with Crippen LogP contribution in [0, 0.1) is 20.8 Å². The van der Waals surface area contributed by atoms with Gasteiger partial charge in [-0.05, 0) is 77.4 Å². The van der Waals surface area contributed by atoms with Crippen LogP contribution in [-0.4, -0.2) is 107 Å². The number of allylic oxidation sites excluding steroid dienone is 2. The number of rotatable bonds is 17. The highest BCUT2D eigenvalue weighted by molar-refractivity contribution is 6.14. The van der Waals surface area contributed by atoms with Crippen molar-refractivity contribution in [3.05, 3.63) is 88.2 Å². The number of hydrogen-bond donors (Lipinski definition) is 4. The van der Waals surface area contributed by atoms with Gasteiger partial charge in [-0.15, -0.1) is 0 Å². The van der Waals surface area contributed by atoms with Gasteiger partial charge in [0.15, 0.2) is 0 Å². The molecule has 0 spiro atoms. The third kappa shape index (κ3) is 8.69. The Morgan fingerprint density at radius 3 is 1.91 bits per heavy atom. The first-order valence-corrected chi connectivity index (χ1v) is 21.2. The molecule has 5 aromatic heterocycles. The van der Waals surface area contributed by atoms with Gasteiger partial charge in [-0.1, -0.05) is 12.2 Å². The molecule has 0 unspecified atom stereocenters. The summed E-state index contributed by atoms with van der Waals surface area (Å²) in [7, 11) is 0. The highest BCUT2D eigenvalue weighted by Crippen LogP contribution is 2.35. The van der Waals surface area contributed by atoms with Crippen LogP contribution in [0.2, 0.25) is 0 Å². The van der Waals surface area contributed by atoms with Crippen LogP contribution in [0.15, 0.2) is 53.0 Å². The van der Waals surface area contributed by atoms with Crippen LogP contribution < -0.4 is 26.8 Å². The Hall–Kier alpha value is -7.32. The molecule has 0 saturated carbocycles. The Kier molecular flexibility index (Phi) is 12.3. The van der Waals surface area contributed by atoms with Gasteiger partial charge in [0, 0.05) is 56.8 Å². The number of nitrogens with one attached hydrogen (secondary N) is 2. The van der Waals surface area contributed by atoms with E-state index >= 15 is 0 Å². The summed E-state index contributed by atoms with van der Waals surface area (Å²) in [6, 6.07) is 9.93. The molecule has 6 heterocycles. The van der Waals surface area contributed by atoms with Crippen LogP contribution >= 0.6 is 0 Å².